The lowest BCUT2D eigenvalue weighted by Gasteiger charge is -2.02. The average Bonchev–Trinajstić information content (AvgIpc) is 2.43. The Hall–Kier alpha value is -2.17. The molecule has 0 fully saturated rings. The molecule has 0 amide bonds. The number of hydrogen-bond donors (Lipinski definition) is 0. The summed E-state index contributed by atoms with van der Waals surface area (Å²) in [4.78, 5) is 26.1. The molecule has 1 rings (SSSR count). The van der Waals surface area contributed by atoms with Crippen molar-refractivity contribution in [3.63, 3.8) is 0 Å². The molecule has 0 radical (unpaired) electrons. The molecule has 19 heavy (non-hydrogen) atoms. The highest BCUT2D eigenvalue weighted by atomic mass is 16.5. The van der Waals surface area contributed by atoms with Crippen molar-refractivity contribution in [1.82, 2.24) is 0 Å². The van der Waals surface area contributed by atoms with Gasteiger partial charge in [-0.1, -0.05) is 30.3 Å². The quantitative estimate of drug-likeness (QED) is 0.555. The molecule has 0 heterocycles. The molecule has 0 N–H and O–H groups in total. The molecule has 5 nitrogen and oxygen atoms in total. The smallest absolute Gasteiger partial charge is 0.328 e. The summed E-state index contributed by atoms with van der Waals surface area (Å²) >= 11 is 0. The molecule has 0 bridgehead atoms. The third-order valence-electron chi connectivity index (χ3n) is 2.16. The Labute approximate surface area is 112 Å². The van der Waals surface area contributed by atoms with Gasteiger partial charge in [0.2, 0.25) is 0 Å². The highest BCUT2D eigenvalue weighted by molar-refractivity contribution is 5.86. The number of ether oxygens (including phenoxy) is 2. The largest absolute Gasteiger partial charge is 0.466 e. The van der Waals surface area contributed by atoms with Crippen molar-refractivity contribution in [2.24, 2.45) is 4.99 Å². The summed E-state index contributed by atoms with van der Waals surface area (Å²) in [5.41, 5.74) is 0.923. The van der Waals surface area contributed by atoms with Crippen LogP contribution in [0.4, 0.5) is 0 Å². The maximum atomic E-state index is 11.3. The summed E-state index contributed by atoms with van der Waals surface area (Å²) in [5, 5.41) is 0. The number of hydrogen-bond acceptors (Lipinski definition) is 5. The highest BCUT2D eigenvalue weighted by Crippen LogP contribution is 2.00. The van der Waals surface area contributed by atoms with Crippen molar-refractivity contribution in [3.8, 4) is 0 Å². The third kappa shape index (κ3) is 6.98. The van der Waals surface area contributed by atoms with Gasteiger partial charge in [-0.3, -0.25) is 14.6 Å². The van der Waals surface area contributed by atoms with Crippen LogP contribution in [0.3, 0.4) is 0 Å². The molecule has 0 saturated carbocycles. The van der Waals surface area contributed by atoms with Crippen LogP contribution in [0.15, 0.2) is 35.3 Å². The normalized spacial score (nSPS) is 10.4. The zero-order valence-corrected chi connectivity index (χ0v) is 10.9. The minimum atomic E-state index is -0.427. The Bertz CT molecular complexity index is 428. The van der Waals surface area contributed by atoms with E-state index in [4.69, 9.17) is 9.47 Å². The van der Waals surface area contributed by atoms with Gasteiger partial charge in [-0.05, 0) is 12.5 Å². The minimum Gasteiger partial charge on any atom is -0.466 e. The summed E-state index contributed by atoms with van der Waals surface area (Å²) in [6.45, 7) is 2.21. The van der Waals surface area contributed by atoms with Crippen LogP contribution in [0.5, 0.6) is 0 Å². The van der Waals surface area contributed by atoms with Crippen LogP contribution >= 0.6 is 0 Å². The summed E-state index contributed by atoms with van der Waals surface area (Å²) in [5.74, 6) is -0.784. The van der Waals surface area contributed by atoms with E-state index in [1.807, 2.05) is 30.3 Å². The Morgan fingerprint density at radius 3 is 2.58 bits per heavy atom. The first-order chi connectivity index (χ1) is 9.22. The van der Waals surface area contributed by atoms with Gasteiger partial charge in [0.15, 0.2) is 0 Å². The van der Waals surface area contributed by atoms with E-state index in [-0.39, 0.29) is 25.5 Å². The molecular formula is C14H17NO4. The molecule has 1 aromatic carbocycles. The second kappa shape index (κ2) is 8.85. The van der Waals surface area contributed by atoms with Crippen molar-refractivity contribution in [2.45, 2.75) is 20.0 Å². The van der Waals surface area contributed by atoms with Crippen LogP contribution in [0, 0.1) is 0 Å². The molecule has 0 spiro atoms. The molecular weight excluding hydrogens is 246 g/mol. The third-order valence-corrected chi connectivity index (χ3v) is 2.16. The molecule has 0 aliphatic heterocycles. The number of carbonyl (C=O) groups is 2. The van der Waals surface area contributed by atoms with E-state index in [0.717, 1.165) is 5.56 Å². The molecule has 0 aromatic heterocycles. The average molecular weight is 263 g/mol. The number of aliphatic imine (C=N–C) groups is 1. The van der Waals surface area contributed by atoms with Gasteiger partial charge in [-0.15, -0.1) is 0 Å². The molecule has 5 heteroatoms. The predicted molar refractivity (Wildman–Crippen MR) is 70.8 cm³/mol. The summed E-state index contributed by atoms with van der Waals surface area (Å²) < 4.78 is 9.72. The fraction of sp³-hybridized carbons (Fsp3) is 0.357. The molecule has 102 valence electrons. The van der Waals surface area contributed by atoms with Gasteiger partial charge in [0, 0.05) is 6.21 Å². The van der Waals surface area contributed by atoms with E-state index in [2.05, 4.69) is 4.99 Å². The predicted octanol–water partition coefficient (Wildman–Crippen LogP) is 1.75. The molecule has 1 aromatic rings. The molecule has 0 aliphatic carbocycles. The lowest BCUT2D eigenvalue weighted by molar-refractivity contribution is -0.143. The van der Waals surface area contributed by atoms with Gasteiger partial charge in [0.1, 0.15) is 13.2 Å². The standard InChI is InChI=1S/C14H17NO4/c1-2-18-13(16)8-9-15-10-14(17)19-11-12-6-4-3-5-7-12/h3-7,9H,2,8,10-11H2,1H3. The Morgan fingerprint density at radius 1 is 1.16 bits per heavy atom. The fourth-order valence-electron chi connectivity index (χ4n) is 1.28. The van der Waals surface area contributed by atoms with E-state index >= 15 is 0 Å². The van der Waals surface area contributed by atoms with Crippen molar-refractivity contribution in [2.75, 3.05) is 13.2 Å². The summed E-state index contributed by atoms with van der Waals surface area (Å²) in [6.07, 6.45) is 1.43. The van der Waals surface area contributed by atoms with Gasteiger partial charge in [-0.25, -0.2) is 0 Å². The van der Waals surface area contributed by atoms with Crippen LogP contribution in [0.1, 0.15) is 18.9 Å². The zero-order chi connectivity index (χ0) is 13.9. The fourth-order valence-corrected chi connectivity index (χ4v) is 1.28. The van der Waals surface area contributed by atoms with Gasteiger partial charge in [0.05, 0.1) is 13.0 Å². The maximum absolute atomic E-state index is 11.3. The Morgan fingerprint density at radius 2 is 1.89 bits per heavy atom. The minimum absolute atomic E-state index is 0.0693. The van der Waals surface area contributed by atoms with Crippen LogP contribution in [-0.2, 0) is 25.7 Å². The van der Waals surface area contributed by atoms with Crippen molar-refractivity contribution in [3.05, 3.63) is 35.9 Å². The molecule has 0 aliphatic rings. The first kappa shape index (κ1) is 14.9. The number of carbonyl (C=O) groups excluding carboxylic acids is 2. The van der Waals surface area contributed by atoms with Crippen LogP contribution in [0.2, 0.25) is 0 Å². The van der Waals surface area contributed by atoms with Crippen molar-refractivity contribution >= 4 is 18.2 Å². The highest BCUT2D eigenvalue weighted by Gasteiger charge is 2.02. The van der Waals surface area contributed by atoms with Gasteiger partial charge in [-0.2, -0.15) is 0 Å². The van der Waals surface area contributed by atoms with Crippen molar-refractivity contribution < 1.29 is 19.1 Å². The van der Waals surface area contributed by atoms with E-state index in [1.54, 1.807) is 6.92 Å². The van der Waals surface area contributed by atoms with E-state index < -0.39 is 5.97 Å². The van der Waals surface area contributed by atoms with Gasteiger partial charge in [0.25, 0.3) is 0 Å². The van der Waals surface area contributed by atoms with Crippen molar-refractivity contribution in [1.29, 1.82) is 0 Å². The number of rotatable bonds is 7. The summed E-state index contributed by atoms with van der Waals surface area (Å²) in [6, 6.07) is 9.39. The zero-order valence-electron chi connectivity index (χ0n) is 10.9. The second-order valence-corrected chi connectivity index (χ2v) is 3.68. The maximum Gasteiger partial charge on any atom is 0.328 e. The van der Waals surface area contributed by atoms with E-state index in [0.29, 0.717) is 6.61 Å². The van der Waals surface area contributed by atoms with Gasteiger partial charge >= 0.3 is 11.9 Å². The Balaban J connectivity index is 2.18. The molecule has 0 atom stereocenters. The Kier molecular flexibility index (Phi) is 6.94. The first-order valence-corrected chi connectivity index (χ1v) is 6.05. The van der Waals surface area contributed by atoms with Crippen LogP contribution < -0.4 is 0 Å². The van der Waals surface area contributed by atoms with Crippen LogP contribution in [0.25, 0.3) is 0 Å². The number of nitrogens with zero attached hydrogens (tertiary/aromatic N) is 1. The summed E-state index contributed by atoms with van der Waals surface area (Å²) in [7, 11) is 0. The first-order valence-electron chi connectivity index (χ1n) is 6.05. The van der Waals surface area contributed by atoms with Gasteiger partial charge < -0.3 is 9.47 Å². The molecule has 0 saturated heterocycles. The van der Waals surface area contributed by atoms with E-state index in [1.165, 1.54) is 6.21 Å². The van der Waals surface area contributed by atoms with E-state index in [9.17, 15) is 9.59 Å². The lowest BCUT2D eigenvalue weighted by atomic mass is 10.2. The second-order valence-electron chi connectivity index (χ2n) is 3.68. The SMILES string of the molecule is CCOC(=O)CC=NCC(=O)OCc1ccccc1. The molecule has 0 unspecified atom stereocenters. The van der Waals surface area contributed by atoms with Crippen LogP contribution in [-0.4, -0.2) is 31.3 Å². The topological polar surface area (TPSA) is 65.0 Å². The number of esters is 2. The lowest BCUT2D eigenvalue weighted by Crippen LogP contribution is -2.09. The monoisotopic (exact) mass is 263 g/mol. The number of benzene rings is 1.